The summed E-state index contributed by atoms with van der Waals surface area (Å²) in [6.45, 7) is 3.96. The van der Waals surface area contributed by atoms with Gasteiger partial charge in [0, 0.05) is 23.3 Å². The molecule has 2 aromatic carbocycles. The standard InChI is InChI=1S/C21H20N5OS/c1-12(14-6-15(8-16(22)7-14)20-10-23-11-28-20)24-21-18-9-17(27-3)4-5-19(18)25-13(2)26-21/h5-12H,22H2,1-3H3,(H,24,25,26)/t12-/m1/s1. The van der Waals surface area contributed by atoms with Gasteiger partial charge in [-0.15, -0.1) is 11.3 Å². The lowest BCUT2D eigenvalue weighted by Crippen LogP contribution is -2.10. The average Bonchev–Trinajstić information content (AvgIpc) is 3.22. The Morgan fingerprint density at radius 2 is 2.07 bits per heavy atom. The van der Waals surface area contributed by atoms with Gasteiger partial charge in [0.15, 0.2) is 0 Å². The Morgan fingerprint density at radius 3 is 2.82 bits per heavy atom. The Kier molecular flexibility index (Phi) is 4.83. The number of aryl methyl sites for hydroxylation is 1. The number of anilines is 2. The molecule has 4 aromatic rings. The Bertz CT molecular complexity index is 1130. The molecule has 2 heterocycles. The average molecular weight is 390 g/mol. The maximum absolute atomic E-state index is 6.16. The summed E-state index contributed by atoms with van der Waals surface area (Å²) in [5, 5.41) is 4.39. The van der Waals surface area contributed by atoms with Crippen molar-refractivity contribution in [1.29, 1.82) is 0 Å². The van der Waals surface area contributed by atoms with Crippen LogP contribution in [0.2, 0.25) is 0 Å². The predicted molar refractivity (Wildman–Crippen MR) is 114 cm³/mol. The number of benzene rings is 2. The minimum Gasteiger partial charge on any atom is -0.496 e. The van der Waals surface area contributed by atoms with Crippen LogP contribution < -0.4 is 15.8 Å². The highest BCUT2D eigenvalue weighted by Gasteiger charge is 2.13. The summed E-state index contributed by atoms with van der Waals surface area (Å²) in [4.78, 5) is 14.3. The number of hydrogen-bond donors (Lipinski definition) is 2. The quantitative estimate of drug-likeness (QED) is 0.483. The number of nitrogens with two attached hydrogens (primary N) is 1. The van der Waals surface area contributed by atoms with Crippen molar-refractivity contribution in [2.75, 3.05) is 18.2 Å². The molecule has 0 saturated heterocycles. The highest BCUT2D eigenvalue weighted by Crippen LogP contribution is 2.31. The van der Waals surface area contributed by atoms with Crippen molar-refractivity contribution in [3.8, 4) is 16.2 Å². The third-order valence-corrected chi connectivity index (χ3v) is 5.30. The van der Waals surface area contributed by atoms with Crippen LogP contribution in [0.15, 0.2) is 42.0 Å². The molecule has 1 atom stereocenters. The summed E-state index contributed by atoms with van der Waals surface area (Å²) in [6, 6.07) is 12.9. The highest BCUT2D eigenvalue weighted by atomic mass is 32.1. The van der Waals surface area contributed by atoms with E-state index in [0.29, 0.717) is 11.6 Å². The van der Waals surface area contributed by atoms with Gasteiger partial charge >= 0.3 is 0 Å². The number of hydrogen-bond acceptors (Lipinski definition) is 7. The van der Waals surface area contributed by atoms with Crippen molar-refractivity contribution in [3.05, 3.63) is 59.5 Å². The van der Waals surface area contributed by atoms with Crippen LogP contribution in [0.1, 0.15) is 24.4 Å². The summed E-state index contributed by atoms with van der Waals surface area (Å²) in [6.07, 6.45) is 1.85. The molecule has 0 bridgehead atoms. The monoisotopic (exact) mass is 390 g/mol. The lowest BCUT2D eigenvalue weighted by molar-refractivity contribution is 0.414. The second-order valence-corrected chi connectivity index (χ2v) is 7.43. The number of thiazole rings is 1. The minimum atomic E-state index is -0.0112. The van der Waals surface area contributed by atoms with E-state index >= 15 is 0 Å². The molecule has 0 amide bonds. The van der Waals surface area contributed by atoms with Crippen molar-refractivity contribution < 1.29 is 4.74 Å². The molecule has 0 aliphatic carbocycles. The van der Waals surface area contributed by atoms with Crippen LogP contribution in [0.25, 0.3) is 21.3 Å². The zero-order chi connectivity index (χ0) is 19.7. The van der Waals surface area contributed by atoms with Crippen LogP contribution in [0.3, 0.4) is 0 Å². The maximum atomic E-state index is 6.16. The predicted octanol–water partition coefficient (Wildman–Crippen LogP) is 4.63. The van der Waals surface area contributed by atoms with Gasteiger partial charge in [0.2, 0.25) is 0 Å². The lowest BCUT2D eigenvalue weighted by atomic mass is 10.0. The number of fused-ring (bicyclic) bond motifs is 1. The number of aromatic nitrogens is 3. The summed E-state index contributed by atoms with van der Waals surface area (Å²) in [5.74, 6) is 2.09. The van der Waals surface area contributed by atoms with Crippen LogP contribution in [0.4, 0.5) is 11.5 Å². The van der Waals surface area contributed by atoms with Crippen molar-refractivity contribution >= 4 is 33.7 Å². The molecule has 141 valence electrons. The Labute approximate surface area is 167 Å². The number of methoxy groups -OCH3 is 1. The lowest BCUT2D eigenvalue weighted by Gasteiger charge is -2.18. The molecular formula is C21H20N5OS. The van der Waals surface area contributed by atoms with Crippen LogP contribution in [0, 0.1) is 13.0 Å². The van der Waals surface area contributed by atoms with Gasteiger partial charge in [-0.1, -0.05) is 0 Å². The fraction of sp³-hybridized carbons (Fsp3) is 0.190. The molecule has 2 aromatic heterocycles. The molecule has 0 aliphatic rings. The van der Waals surface area contributed by atoms with Crippen LogP contribution >= 0.6 is 11.3 Å². The topological polar surface area (TPSA) is 86.0 Å². The summed E-state index contributed by atoms with van der Waals surface area (Å²) in [5.41, 5.74) is 11.6. The summed E-state index contributed by atoms with van der Waals surface area (Å²) in [7, 11) is 1.62. The molecule has 0 fully saturated rings. The van der Waals surface area contributed by atoms with E-state index in [4.69, 9.17) is 10.5 Å². The van der Waals surface area contributed by atoms with Gasteiger partial charge < -0.3 is 15.8 Å². The second kappa shape index (κ2) is 7.44. The summed E-state index contributed by atoms with van der Waals surface area (Å²) < 4.78 is 5.31. The van der Waals surface area contributed by atoms with E-state index in [1.807, 2.05) is 42.9 Å². The normalized spacial score (nSPS) is 12.1. The van der Waals surface area contributed by atoms with Gasteiger partial charge in [-0.05, 0) is 55.3 Å². The van der Waals surface area contributed by atoms with E-state index in [1.54, 1.807) is 18.4 Å². The fourth-order valence-corrected chi connectivity index (χ4v) is 3.72. The molecule has 28 heavy (non-hydrogen) atoms. The van der Waals surface area contributed by atoms with Gasteiger partial charge in [0.05, 0.1) is 29.1 Å². The first-order valence-corrected chi connectivity index (χ1v) is 9.71. The Morgan fingerprint density at radius 1 is 1.21 bits per heavy atom. The number of ether oxygens (including phenoxy) is 1. The first kappa shape index (κ1) is 18.2. The molecule has 6 nitrogen and oxygen atoms in total. The Hall–Kier alpha value is -3.19. The zero-order valence-electron chi connectivity index (χ0n) is 15.9. The molecular weight excluding hydrogens is 370 g/mol. The van der Waals surface area contributed by atoms with Gasteiger partial charge in [0.1, 0.15) is 17.4 Å². The van der Waals surface area contributed by atoms with Crippen LogP contribution in [-0.2, 0) is 0 Å². The maximum Gasteiger partial charge on any atom is 0.138 e. The van der Waals surface area contributed by atoms with Crippen molar-refractivity contribution in [2.24, 2.45) is 0 Å². The van der Waals surface area contributed by atoms with Gasteiger partial charge in [0.25, 0.3) is 0 Å². The SMILES string of the molecule is COc1[c]cc2nc(C)nc(N[C@H](C)c3cc(N)cc(-c4cncs4)c3)c2c1. The first-order valence-electron chi connectivity index (χ1n) is 8.83. The third-order valence-electron chi connectivity index (χ3n) is 4.48. The van der Waals surface area contributed by atoms with E-state index in [0.717, 1.165) is 38.4 Å². The summed E-state index contributed by atoms with van der Waals surface area (Å²) >= 11 is 1.59. The molecule has 7 heteroatoms. The fourth-order valence-electron chi connectivity index (χ4n) is 3.11. The largest absolute Gasteiger partial charge is 0.496 e. The number of nitrogens with zero attached hydrogens (tertiary/aromatic N) is 3. The van der Waals surface area contributed by atoms with E-state index in [1.165, 1.54) is 0 Å². The van der Waals surface area contributed by atoms with E-state index in [2.05, 4.69) is 39.3 Å². The number of nitrogens with one attached hydrogen (secondary N) is 1. The second-order valence-electron chi connectivity index (χ2n) is 6.54. The van der Waals surface area contributed by atoms with Crippen molar-refractivity contribution in [3.63, 3.8) is 0 Å². The van der Waals surface area contributed by atoms with Gasteiger partial charge in [-0.3, -0.25) is 4.98 Å². The zero-order valence-corrected chi connectivity index (χ0v) is 16.7. The highest BCUT2D eigenvalue weighted by molar-refractivity contribution is 7.13. The molecule has 0 unspecified atom stereocenters. The third kappa shape index (κ3) is 3.61. The Balaban J connectivity index is 1.72. The molecule has 0 saturated carbocycles. The molecule has 3 N–H and O–H groups in total. The molecule has 0 spiro atoms. The van der Waals surface area contributed by atoms with Crippen molar-refractivity contribution in [2.45, 2.75) is 19.9 Å². The first-order chi connectivity index (χ1) is 13.5. The number of rotatable bonds is 5. The van der Waals surface area contributed by atoms with E-state index < -0.39 is 0 Å². The van der Waals surface area contributed by atoms with E-state index in [9.17, 15) is 0 Å². The van der Waals surface area contributed by atoms with Crippen molar-refractivity contribution in [1.82, 2.24) is 15.0 Å². The van der Waals surface area contributed by atoms with Gasteiger partial charge in [-0.25, -0.2) is 9.97 Å². The van der Waals surface area contributed by atoms with Gasteiger partial charge in [-0.2, -0.15) is 0 Å². The molecule has 0 aliphatic heterocycles. The van der Waals surface area contributed by atoms with E-state index in [-0.39, 0.29) is 6.04 Å². The number of nitrogen functional groups attached to an aromatic ring is 1. The molecule has 4 rings (SSSR count). The van der Waals surface area contributed by atoms with Crippen LogP contribution in [0.5, 0.6) is 5.75 Å². The van der Waals surface area contributed by atoms with Crippen LogP contribution in [-0.4, -0.2) is 22.1 Å². The molecule has 1 radical (unpaired) electrons. The smallest absolute Gasteiger partial charge is 0.138 e. The minimum absolute atomic E-state index is 0.0112.